The lowest BCUT2D eigenvalue weighted by molar-refractivity contribution is 0.395. The number of halogens is 2. The zero-order chi connectivity index (χ0) is 12.4. The van der Waals surface area contributed by atoms with Crippen LogP contribution in [-0.4, -0.2) is 9.79 Å². The summed E-state index contributed by atoms with van der Waals surface area (Å²) in [5, 5.41) is 0. The highest BCUT2D eigenvalue weighted by molar-refractivity contribution is 7.81. The highest BCUT2D eigenvalue weighted by Gasteiger charge is 2.18. The molecule has 0 aromatic heterocycles. The first-order valence-corrected chi connectivity index (χ1v) is 8.66. The molecule has 0 amide bonds. The van der Waals surface area contributed by atoms with Crippen molar-refractivity contribution in [3.05, 3.63) is 24.3 Å². The fourth-order valence-corrected chi connectivity index (χ4v) is 2.06. The Bertz CT molecular complexity index is 406. The predicted molar refractivity (Wildman–Crippen MR) is 59.1 cm³/mol. The predicted octanol–water partition coefficient (Wildman–Crippen LogP) is 3.12. The Morgan fingerprint density at radius 2 is 1.12 bits per heavy atom. The van der Waals surface area contributed by atoms with Gasteiger partial charge < -0.3 is 18.8 Å². The number of benzene rings is 1. The lowest BCUT2D eigenvalue weighted by Gasteiger charge is -2.08. The van der Waals surface area contributed by atoms with E-state index in [1.54, 1.807) is 0 Å². The molecular formula is C6H6Cl2O6P2. The van der Waals surface area contributed by atoms with Gasteiger partial charge >= 0.3 is 13.9 Å². The first-order valence-electron chi connectivity index (χ1n) is 3.70. The van der Waals surface area contributed by atoms with Gasteiger partial charge in [0.05, 0.1) is 0 Å². The Morgan fingerprint density at radius 3 is 1.31 bits per heavy atom. The van der Waals surface area contributed by atoms with E-state index in [-0.39, 0.29) is 11.5 Å². The van der Waals surface area contributed by atoms with Crippen LogP contribution in [0.1, 0.15) is 0 Å². The second kappa shape index (κ2) is 4.96. The molecule has 6 nitrogen and oxygen atoms in total. The summed E-state index contributed by atoms with van der Waals surface area (Å²) in [7, 11) is 0. The highest BCUT2D eigenvalue weighted by Crippen LogP contribution is 2.49. The Kier molecular flexibility index (Phi) is 4.29. The summed E-state index contributed by atoms with van der Waals surface area (Å²) in [5.74, 6) is 0.0195. The molecule has 0 spiro atoms. The molecule has 2 N–H and O–H groups in total. The summed E-state index contributed by atoms with van der Waals surface area (Å²) in [6.07, 6.45) is 0. The molecule has 0 fully saturated rings. The van der Waals surface area contributed by atoms with Crippen LogP contribution in [-0.2, 0) is 9.13 Å². The van der Waals surface area contributed by atoms with E-state index in [0.29, 0.717) is 0 Å². The Balaban J connectivity index is 2.76. The Labute approximate surface area is 100 Å². The fourth-order valence-electron chi connectivity index (χ4n) is 0.821. The summed E-state index contributed by atoms with van der Waals surface area (Å²) in [6, 6.07) is 4.92. The van der Waals surface area contributed by atoms with Crippen LogP contribution in [0.4, 0.5) is 0 Å². The zero-order valence-electron chi connectivity index (χ0n) is 7.49. The first kappa shape index (κ1) is 13.8. The van der Waals surface area contributed by atoms with Crippen LogP contribution < -0.4 is 9.05 Å². The Hall–Kier alpha value is -0.220. The van der Waals surface area contributed by atoms with E-state index in [1.807, 2.05) is 0 Å². The standard InChI is InChI=1S/C6H6Cl2O6P2/c7-15(9,10)13-5-1-2-6(4-3-5)14-16(8,11)12/h1-4H,(H,9,10)(H,11,12). The molecule has 2 atom stereocenters. The largest absolute Gasteiger partial charge is 0.474 e. The van der Waals surface area contributed by atoms with E-state index < -0.39 is 13.9 Å². The third-order valence-electron chi connectivity index (χ3n) is 1.26. The summed E-state index contributed by atoms with van der Waals surface area (Å²) in [4.78, 5) is 17.4. The minimum absolute atomic E-state index is 0.00975. The van der Waals surface area contributed by atoms with Crippen molar-refractivity contribution < 1.29 is 28.0 Å². The molecule has 0 radical (unpaired) electrons. The summed E-state index contributed by atoms with van der Waals surface area (Å²) in [5.41, 5.74) is 0. The number of rotatable bonds is 4. The maximum absolute atomic E-state index is 10.7. The molecule has 0 aliphatic rings. The fraction of sp³-hybridized carbons (Fsp3) is 0. The van der Waals surface area contributed by atoms with Gasteiger partial charge in [-0.15, -0.1) is 0 Å². The minimum Gasteiger partial charge on any atom is -0.413 e. The van der Waals surface area contributed by atoms with Crippen LogP contribution in [0.15, 0.2) is 24.3 Å². The van der Waals surface area contributed by atoms with Crippen molar-refractivity contribution in [2.45, 2.75) is 0 Å². The number of hydrogen-bond acceptors (Lipinski definition) is 4. The van der Waals surface area contributed by atoms with Crippen LogP contribution in [0.2, 0.25) is 0 Å². The van der Waals surface area contributed by atoms with Crippen molar-refractivity contribution in [2.24, 2.45) is 0 Å². The van der Waals surface area contributed by atoms with E-state index in [1.165, 1.54) is 24.3 Å². The van der Waals surface area contributed by atoms with Gasteiger partial charge in [-0.05, 0) is 24.3 Å². The molecule has 1 aromatic carbocycles. The Morgan fingerprint density at radius 1 is 0.875 bits per heavy atom. The van der Waals surface area contributed by atoms with Gasteiger partial charge in [-0.25, -0.2) is 9.13 Å². The summed E-state index contributed by atoms with van der Waals surface area (Å²) >= 11 is 9.93. The molecule has 0 heterocycles. The molecule has 1 aromatic rings. The smallest absolute Gasteiger partial charge is 0.413 e. The average Bonchev–Trinajstić information content (AvgIpc) is 2.03. The van der Waals surface area contributed by atoms with Crippen molar-refractivity contribution in [3.8, 4) is 11.5 Å². The minimum atomic E-state index is -4.14. The van der Waals surface area contributed by atoms with Crippen LogP contribution in [0, 0.1) is 0 Å². The third kappa shape index (κ3) is 5.75. The maximum Gasteiger partial charge on any atom is 0.474 e. The molecule has 10 heteroatoms. The van der Waals surface area contributed by atoms with Crippen molar-refractivity contribution in [3.63, 3.8) is 0 Å². The second-order valence-electron chi connectivity index (χ2n) is 2.56. The summed E-state index contributed by atoms with van der Waals surface area (Å²) in [6.45, 7) is -8.29. The molecule has 1 rings (SSSR count). The van der Waals surface area contributed by atoms with Gasteiger partial charge in [-0.1, -0.05) is 0 Å². The lowest BCUT2D eigenvalue weighted by Crippen LogP contribution is -1.87. The topological polar surface area (TPSA) is 93.1 Å². The number of hydrogen-bond donors (Lipinski definition) is 2. The normalized spacial score (nSPS) is 18.2. The van der Waals surface area contributed by atoms with Gasteiger partial charge in [0.1, 0.15) is 11.5 Å². The molecule has 90 valence electrons. The van der Waals surface area contributed by atoms with Gasteiger partial charge in [-0.3, -0.25) is 0 Å². The van der Waals surface area contributed by atoms with Crippen LogP contribution >= 0.6 is 36.4 Å². The average molecular weight is 307 g/mol. The van der Waals surface area contributed by atoms with Gasteiger partial charge in [0.2, 0.25) is 0 Å². The third-order valence-corrected chi connectivity index (χ3v) is 2.55. The van der Waals surface area contributed by atoms with E-state index >= 15 is 0 Å². The van der Waals surface area contributed by atoms with Crippen molar-refractivity contribution in [1.29, 1.82) is 0 Å². The molecule has 16 heavy (non-hydrogen) atoms. The van der Waals surface area contributed by atoms with Crippen molar-refractivity contribution in [1.82, 2.24) is 0 Å². The van der Waals surface area contributed by atoms with E-state index in [9.17, 15) is 9.13 Å². The van der Waals surface area contributed by atoms with E-state index in [4.69, 9.17) is 32.3 Å². The molecule has 0 aliphatic heterocycles. The quantitative estimate of drug-likeness (QED) is 0.830. The summed E-state index contributed by atoms with van der Waals surface area (Å²) < 4.78 is 30.2. The van der Waals surface area contributed by atoms with Crippen molar-refractivity contribution >= 4 is 36.4 Å². The zero-order valence-corrected chi connectivity index (χ0v) is 10.8. The van der Waals surface area contributed by atoms with Gasteiger partial charge in [0.25, 0.3) is 0 Å². The molecule has 0 bridgehead atoms. The molecule has 2 unspecified atom stereocenters. The first-order chi connectivity index (χ1) is 7.16. The lowest BCUT2D eigenvalue weighted by atomic mass is 10.3. The van der Waals surface area contributed by atoms with E-state index in [2.05, 4.69) is 9.05 Å². The van der Waals surface area contributed by atoms with Gasteiger partial charge in [0, 0.05) is 22.5 Å². The molecule has 0 saturated heterocycles. The van der Waals surface area contributed by atoms with Gasteiger partial charge in [0.15, 0.2) is 0 Å². The highest BCUT2D eigenvalue weighted by atomic mass is 35.7. The molecule has 0 aliphatic carbocycles. The van der Waals surface area contributed by atoms with E-state index in [0.717, 1.165) is 0 Å². The van der Waals surface area contributed by atoms with Crippen LogP contribution in [0.5, 0.6) is 11.5 Å². The molecule has 0 saturated carbocycles. The van der Waals surface area contributed by atoms with Crippen LogP contribution in [0.3, 0.4) is 0 Å². The maximum atomic E-state index is 10.7. The van der Waals surface area contributed by atoms with Gasteiger partial charge in [-0.2, -0.15) is 0 Å². The van der Waals surface area contributed by atoms with Crippen LogP contribution in [0.25, 0.3) is 0 Å². The second-order valence-corrected chi connectivity index (χ2v) is 7.29. The molecular weight excluding hydrogens is 301 g/mol. The monoisotopic (exact) mass is 306 g/mol. The van der Waals surface area contributed by atoms with Crippen molar-refractivity contribution in [2.75, 3.05) is 0 Å². The SMILES string of the molecule is O=P(O)(Cl)Oc1ccc(OP(=O)(O)Cl)cc1.